The molecule has 0 aliphatic carbocycles. The van der Waals surface area contributed by atoms with E-state index in [9.17, 15) is 4.79 Å². The van der Waals surface area contributed by atoms with Crippen LogP contribution in [0, 0.1) is 19.8 Å². The van der Waals surface area contributed by atoms with Crippen LogP contribution in [0.5, 0.6) is 0 Å². The molecule has 1 amide bonds. The van der Waals surface area contributed by atoms with Gasteiger partial charge in [-0.05, 0) is 62.8 Å². The number of piperidine rings is 1. The van der Waals surface area contributed by atoms with E-state index in [4.69, 9.17) is 0 Å². The number of hydrogen-bond acceptors (Lipinski definition) is 2. The van der Waals surface area contributed by atoms with Gasteiger partial charge in [0.25, 0.3) is 5.91 Å². The number of benzene rings is 1. The zero-order valence-corrected chi connectivity index (χ0v) is 16.3. The van der Waals surface area contributed by atoms with Crippen molar-refractivity contribution in [3.05, 3.63) is 58.9 Å². The van der Waals surface area contributed by atoms with Crippen molar-refractivity contribution in [2.45, 2.75) is 33.1 Å². The minimum atomic E-state index is 0.126. The second kappa shape index (κ2) is 8.54. The average Bonchev–Trinajstić information content (AvgIpc) is 3.06. The highest BCUT2D eigenvalue weighted by atomic mass is 16.2. The lowest BCUT2D eigenvalue weighted by Crippen LogP contribution is -2.42. The van der Waals surface area contributed by atoms with E-state index in [1.807, 2.05) is 31.1 Å². The fraction of sp³-hybridized carbons (Fsp3) is 0.500. The van der Waals surface area contributed by atoms with Gasteiger partial charge in [-0.3, -0.25) is 4.79 Å². The van der Waals surface area contributed by atoms with Crippen molar-refractivity contribution in [2.24, 2.45) is 5.92 Å². The van der Waals surface area contributed by atoms with Crippen molar-refractivity contribution in [2.75, 3.05) is 33.2 Å². The van der Waals surface area contributed by atoms with Gasteiger partial charge >= 0.3 is 0 Å². The second-order valence-electron chi connectivity index (χ2n) is 7.69. The summed E-state index contributed by atoms with van der Waals surface area (Å²) in [6.07, 6.45) is 5.38. The fourth-order valence-corrected chi connectivity index (χ4v) is 4.03. The van der Waals surface area contributed by atoms with Gasteiger partial charge in [0.05, 0.1) is 5.56 Å². The molecule has 26 heavy (non-hydrogen) atoms. The van der Waals surface area contributed by atoms with Gasteiger partial charge in [0.15, 0.2) is 0 Å². The van der Waals surface area contributed by atoms with Crippen molar-refractivity contribution in [3.8, 4) is 0 Å². The predicted molar refractivity (Wildman–Crippen MR) is 107 cm³/mol. The number of carbonyl (C=O) groups is 1. The minimum Gasteiger partial charge on any atom is -0.365 e. The standard InChI is InChI=1S/C22H31N3O/c1-17-7-4-5-9-20(17)11-14-25-13-6-8-19(16-25)15-24(3)22(26)21-10-12-23-18(21)2/h4-5,7,9-10,12,19,23H,6,8,11,13-16H2,1-3H3/t19-/m1/s1. The lowest BCUT2D eigenvalue weighted by molar-refractivity contribution is 0.0730. The molecule has 1 atom stereocenters. The van der Waals surface area contributed by atoms with E-state index in [1.54, 1.807) is 0 Å². The number of hydrogen-bond donors (Lipinski definition) is 1. The van der Waals surface area contributed by atoms with Gasteiger partial charge in [0.2, 0.25) is 0 Å². The highest BCUT2D eigenvalue weighted by molar-refractivity contribution is 5.95. The number of likely N-dealkylation sites (tertiary alicyclic amines) is 1. The summed E-state index contributed by atoms with van der Waals surface area (Å²) < 4.78 is 0. The van der Waals surface area contributed by atoms with Gasteiger partial charge in [-0.1, -0.05) is 24.3 Å². The van der Waals surface area contributed by atoms with Crippen molar-refractivity contribution >= 4 is 5.91 Å². The minimum absolute atomic E-state index is 0.126. The third-order valence-corrected chi connectivity index (χ3v) is 5.62. The highest BCUT2D eigenvalue weighted by Crippen LogP contribution is 2.19. The first-order valence-electron chi connectivity index (χ1n) is 9.71. The number of rotatable bonds is 6. The maximum Gasteiger partial charge on any atom is 0.255 e. The molecule has 1 aromatic carbocycles. The van der Waals surface area contributed by atoms with Crippen molar-refractivity contribution < 1.29 is 4.79 Å². The van der Waals surface area contributed by atoms with Crippen LogP contribution in [0.1, 0.15) is 40.0 Å². The molecule has 0 bridgehead atoms. The van der Waals surface area contributed by atoms with E-state index in [0.717, 1.165) is 37.3 Å². The predicted octanol–water partition coefficient (Wildman–Crippen LogP) is 3.66. The second-order valence-corrected chi connectivity index (χ2v) is 7.69. The van der Waals surface area contributed by atoms with Gasteiger partial charge < -0.3 is 14.8 Å². The molecule has 4 nitrogen and oxygen atoms in total. The van der Waals surface area contributed by atoms with Crippen LogP contribution in [-0.2, 0) is 6.42 Å². The van der Waals surface area contributed by atoms with Crippen molar-refractivity contribution in [1.82, 2.24) is 14.8 Å². The molecule has 0 unspecified atom stereocenters. The molecule has 1 N–H and O–H groups in total. The summed E-state index contributed by atoms with van der Waals surface area (Å²) in [4.78, 5) is 20.2. The van der Waals surface area contributed by atoms with Gasteiger partial charge in [-0.15, -0.1) is 0 Å². The Morgan fingerprint density at radius 3 is 2.81 bits per heavy atom. The zero-order chi connectivity index (χ0) is 18.5. The third-order valence-electron chi connectivity index (χ3n) is 5.62. The maximum atomic E-state index is 12.6. The molecule has 3 rings (SSSR count). The van der Waals surface area contributed by atoms with Crippen LogP contribution < -0.4 is 0 Å². The van der Waals surface area contributed by atoms with Crippen LogP contribution in [0.4, 0.5) is 0 Å². The third kappa shape index (κ3) is 4.55. The van der Waals surface area contributed by atoms with Gasteiger partial charge in [-0.2, -0.15) is 0 Å². The molecule has 1 fully saturated rings. The normalized spacial score (nSPS) is 18.0. The Labute approximate surface area is 157 Å². The summed E-state index contributed by atoms with van der Waals surface area (Å²) in [5.74, 6) is 0.689. The molecule has 0 saturated carbocycles. The molecule has 1 saturated heterocycles. The highest BCUT2D eigenvalue weighted by Gasteiger charge is 2.23. The van der Waals surface area contributed by atoms with Gasteiger partial charge in [0, 0.05) is 38.6 Å². The summed E-state index contributed by atoms with van der Waals surface area (Å²) in [6.45, 7) is 8.36. The molecule has 4 heteroatoms. The number of aromatic amines is 1. The topological polar surface area (TPSA) is 39.3 Å². The molecule has 1 aliphatic rings. The van der Waals surface area contributed by atoms with E-state index >= 15 is 0 Å². The largest absolute Gasteiger partial charge is 0.365 e. The molecule has 1 aromatic heterocycles. The Bertz CT molecular complexity index is 736. The lowest BCUT2D eigenvalue weighted by atomic mass is 9.96. The first-order chi connectivity index (χ1) is 12.5. The molecule has 140 valence electrons. The Morgan fingerprint density at radius 2 is 2.08 bits per heavy atom. The number of carbonyl (C=O) groups excluding carboxylic acids is 1. The number of nitrogens with zero attached hydrogens (tertiary/aromatic N) is 2. The van der Waals surface area contributed by atoms with Crippen LogP contribution in [0.15, 0.2) is 36.5 Å². The molecule has 1 aliphatic heterocycles. The van der Waals surface area contributed by atoms with Crippen LogP contribution in [-0.4, -0.2) is 53.9 Å². The number of nitrogens with one attached hydrogen (secondary N) is 1. The van der Waals surface area contributed by atoms with E-state index in [-0.39, 0.29) is 5.91 Å². The SMILES string of the molecule is Cc1ccccc1CCN1CCC[C@H](CN(C)C(=O)c2cc[nH]c2C)C1. The first kappa shape index (κ1) is 18.7. The lowest BCUT2D eigenvalue weighted by Gasteiger charge is -2.34. The smallest absolute Gasteiger partial charge is 0.255 e. The van der Waals surface area contributed by atoms with E-state index in [2.05, 4.69) is 41.1 Å². The van der Waals surface area contributed by atoms with E-state index < -0.39 is 0 Å². The number of amides is 1. The summed E-state index contributed by atoms with van der Waals surface area (Å²) in [6, 6.07) is 10.5. The van der Waals surface area contributed by atoms with Crippen LogP contribution in [0.3, 0.4) is 0 Å². The summed E-state index contributed by atoms with van der Waals surface area (Å²) in [5.41, 5.74) is 4.57. The fourth-order valence-electron chi connectivity index (χ4n) is 4.03. The molecule has 2 heterocycles. The monoisotopic (exact) mass is 353 g/mol. The van der Waals surface area contributed by atoms with Crippen LogP contribution in [0.25, 0.3) is 0 Å². The molecule has 0 spiro atoms. The Morgan fingerprint density at radius 1 is 1.27 bits per heavy atom. The Kier molecular flexibility index (Phi) is 6.15. The van der Waals surface area contributed by atoms with Crippen LogP contribution >= 0.6 is 0 Å². The molecular formula is C22H31N3O. The van der Waals surface area contributed by atoms with Gasteiger partial charge in [-0.25, -0.2) is 0 Å². The summed E-state index contributed by atoms with van der Waals surface area (Å²) >= 11 is 0. The molecule has 0 radical (unpaired) electrons. The Hall–Kier alpha value is -2.07. The summed E-state index contributed by atoms with van der Waals surface area (Å²) in [7, 11) is 1.93. The maximum absolute atomic E-state index is 12.6. The Balaban J connectivity index is 1.51. The summed E-state index contributed by atoms with van der Waals surface area (Å²) in [5, 5.41) is 0. The van der Waals surface area contributed by atoms with E-state index in [0.29, 0.717) is 5.92 Å². The number of aromatic nitrogens is 1. The molecular weight excluding hydrogens is 322 g/mol. The van der Waals surface area contributed by atoms with E-state index in [1.165, 1.54) is 30.5 Å². The quantitative estimate of drug-likeness (QED) is 0.861. The van der Waals surface area contributed by atoms with Crippen molar-refractivity contribution in [1.29, 1.82) is 0 Å². The number of H-pyrrole nitrogens is 1. The average molecular weight is 354 g/mol. The first-order valence-corrected chi connectivity index (χ1v) is 9.71. The van der Waals surface area contributed by atoms with Crippen LogP contribution in [0.2, 0.25) is 0 Å². The number of aryl methyl sites for hydroxylation is 2. The molecule has 2 aromatic rings. The zero-order valence-electron chi connectivity index (χ0n) is 16.3. The van der Waals surface area contributed by atoms with Gasteiger partial charge in [0.1, 0.15) is 0 Å². The van der Waals surface area contributed by atoms with Crippen molar-refractivity contribution in [3.63, 3.8) is 0 Å².